The Kier molecular flexibility index (Phi) is 3.53. The molecule has 4 aliphatic rings. The maximum Gasteiger partial charge on any atom is 0.0276 e. The highest BCUT2D eigenvalue weighted by molar-refractivity contribution is 9.09. The number of rotatable bonds is 1. The van der Waals surface area contributed by atoms with Gasteiger partial charge < -0.3 is 0 Å². The fourth-order valence-corrected chi connectivity index (χ4v) is 7.36. The highest BCUT2D eigenvalue weighted by Gasteiger charge is 2.56. The third-order valence-electron chi connectivity index (χ3n) is 7.68. The van der Waals surface area contributed by atoms with Crippen LogP contribution in [0.15, 0.2) is 35.5 Å². The van der Waals surface area contributed by atoms with E-state index in [0.717, 1.165) is 24.2 Å². The second-order valence-corrected chi connectivity index (χ2v) is 9.65. The quantitative estimate of drug-likeness (QED) is 0.373. The summed E-state index contributed by atoms with van der Waals surface area (Å²) in [6.45, 7) is 7.47. The van der Waals surface area contributed by atoms with Crippen LogP contribution < -0.4 is 0 Å². The predicted octanol–water partition coefficient (Wildman–Crippen LogP) is 6.44. The zero-order chi connectivity index (χ0) is 15.5. The van der Waals surface area contributed by atoms with Crippen LogP contribution in [0.2, 0.25) is 0 Å². The third-order valence-corrected chi connectivity index (χ3v) is 8.57. The average Bonchev–Trinajstić information content (AvgIpc) is 2.84. The topological polar surface area (TPSA) is 0 Å². The van der Waals surface area contributed by atoms with E-state index in [9.17, 15) is 0 Å². The molecule has 0 saturated heterocycles. The van der Waals surface area contributed by atoms with Gasteiger partial charge in [0.1, 0.15) is 0 Å². The van der Waals surface area contributed by atoms with Crippen molar-refractivity contribution in [1.29, 1.82) is 0 Å². The van der Waals surface area contributed by atoms with Gasteiger partial charge in [0, 0.05) is 10.2 Å². The van der Waals surface area contributed by atoms with E-state index in [4.69, 9.17) is 0 Å². The Hall–Kier alpha value is -0.300. The molecule has 0 aromatic carbocycles. The lowest BCUT2D eigenvalue weighted by atomic mass is 9.52. The van der Waals surface area contributed by atoms with Crippen LogP contribution in [0.25, 0.3) is 0 Å². The SMILES string of the molecule is CC[C@H]1CC[C@H]2[C@H]3C(=CC[C@]12C)[C@@]1(C)C=CCC=C1C[C@H]3Br. The van der Waals surface area contributed by atoms with Gasteiger partial charge in [-0.3, -0.25) is 0 Å². The van der Waals surface area contributed by atoms with Crippen LogP contribution in [0.5, 0.6) is 0 Å². The molecule has 2 saturated carbocycles. The Morgan fingerprint density at radius 3 is 2.82 bits per heavy atom. The number of fused-ring (bicyclic) bond motifs is 5. The Labute approximate surface area is 144 Å². The van der Waals surface area contributed by atoms with E-state index in [-0.39, 0.29) is 5.41 Å². The maximum absolute atomic E-state index is 4.11. The van der Waals surface area contributed by atoms with E-state index in [1.807, 2.05) is 0 Å². The molecule has 0 radical (unpaired) electrons. The van der Waals surface area contributed by atoms with Crippen LogP contribution in [-0.4, -0.2) is 4.83 Å². The molecule has 0 aromatic heterocycles. The smallest absolute Gasteiger partial charge is 0.0276 e. The zero-order valence-corrected chi connectivity index (χ0v) is 15.8. The van der Waals surface area contributed by atoms with Crippen molar-refractivity contribution < 1.29 is 0 Å². The lowest BCUT2D eigenvalue weighted by molar-refractivity contribution is 0.0935. The van der Waals surface area contributed by atoms with Crippen molar-refractivity contribution in [3.8, 4) is 0 Å². The highest BCUT2D eigenvalue weighted by atomic mass is 79.9. The van der Waals surface area contributed by atoms with Crippen molar-refractivity contribution in [3.05, 3.63) is 35.5 Å². The first kappa shape index (κ1) is 15.2. The first-order chi connectivity index (χ1) is 10.5. The lowest BCUT2D eigenvalue weighted by Gasteiger charge is -2.54. The van der Waals surface area contributed by atoms with E-state index in [2.05, 4.69) is 61.0 Å². The van der Waals surface area contributed by atoms with Crippen molar-refractivity contribution >= 4 is 15.9 Å². The van der Waals surface area contributed by atoms with Crippen molar-refractivity contribution in [2.75, 3.05) is 0 Å². The maximum atomic E-state index is 4.11. The average molecular weight is 361 g/mol. The molecule has 0 N–H and O–H groups in total. The fraction of sp³-hybridized carbons (Fsp3) is 0.714. The normalized spacial score (nSPS) is 49.8. The molecule has 4 aliphatic carbocycles. The van der Waals surface area contributed by atoms with Gasteiger partial charge in [-0.2, -0.15) is 0 Å². The molecule has 2 fully saturated rings. The Bertz CT molecular complexity index is 568. The van der Waals surface area contributed by atoms with Crippen molar-refractivity contribution in [2.24, 2.45) is 28.6 Å². The summed E-state index contributed by atoms with van der Waals surface area (Å²) < 4.78 is 0. The summed E-state index contributed by atoms with van der Waals surface area (Å²) in [6, 6.07) is 0. The number of halogens is 1. The first-order valence-corrected chi connectivity index (χ1v) is 10.1. The van der Waals surface area contributed by atoms with Gasteiger partial charge >= 0.3 is 0 Å². The molecular weight excluding hydrogens is 332 g/mol. The standard InChI is InChI=1S/C21H29Br/c1-4-14-8-9-16-19-17(10-12-21(14,16)3)20(2)11-6-5-7-15(20)13-18(19)22/h6-7,10-11,14,16,18-19H,4-5,8-9,12-13H2,1-3H3/t14-,16-,18+,19-,20-,21+/m0/s1. The molecule has 0 aromatic rings. The molecule has 4 rings (SSSR count). The van der Waals surface area contributed by atoms with Gasteiger partial charge in [0.05, 0.1) is 0 Å². The highest BCUT2D eigenvalue weighted by Crippen LogP contribution is 2.65. The van der Waals surface area contributed by atoms with E-state index in [0.29, 0.717) is 10.2 Å². The zero-order valence-electron chi connectivity index (χ0n) is 14.2. The van der Waals surface area contributed by atoms with Crippen molar-refractivity contribution in [3.63, 3.8) is 0 Å². The Balaban J connectivity index is 1.79. The molecule has 0 bridgehead atoms. The van der Waals surface area contributed by atoms with Gasteiger partial charge in [0.25, 0.3) is 0 Å². The minimum Gasteiger partial charge on any atom is -0.0881 e. The summed E-state index contributed by atoms with van der Waals surface area (Å²) in [5.74, 6) is 2.57. The second kappa shape index (κ2) is 5.10. The van der Waals surface area contributed by atoms with Crippen LogP contribution in [-0.2, 0) is 0 Å². The van der Waals surface area contributed by atoms with E-state index in [1.54, 1.807) is 11.1 Å². The molecule has 0 amide bonds. The minimum atomic E-state index is 0.221. The fourth-order valence-electron chi connectivity index (χ4n) is 6.36. The van der Waals surface area contributed by atoms with Crippen molar-refractivity contribution in [1.82, 2.24) is 0 Å². The molecule has 1 heteroatoms. The number of allylic oxidation sites excluding steroid dienone is 6. The van der Waals surface area contributed by atoms with Gasteiger partial charge in [-0.15, -0.1) is 0 Å². The summed E-state index contributed by atoms with van der Waals surface area (Å²) in [4.78, 5) is 0.643. The molecular formula is C21H29Br. The monoisotopic (exact) mass is 360 g/mol. The van der Waals surface area contributed by atoms with Crippen LogP contribution in [0.4, 0.5) is 0 Å². The molecule has 0 nitrogen and oxygen atoms in total. The Morgan fingerprint density at radius 1 is 1.23 bits per heavy atom. The summed E-state index contributed by atoms with van der Waals surface area (Å²) in [5, 5.41) is 0. The van der Waals surface area contributed by atoms with Gasteiger partial charge in [0.2, 0.25) is 0 Å². The molecule has 0 spiro atoms. The largest absolute Gasteiger partial charge is 0.0881 e. The number of hydrogen-bond acceptors (Lipinski definition) is 0. The molecule has 120 valence electrons. The van der Waals surface area contributed by atoms with E-state index in [1.165, 1.54) is 32.1 Å². The number of hydrogen-bond donors (Lipinski definition) is 0. The lowest BCUT2D eigenvalue weighted by Crippen LogP contribution is -2.47. The molecule has 0 unspecified atom stereocenters. The number of alkyl halides is 1. The molecule has 6 atom stereocenters. The molecule has 0 aliphatic heterocycles. The van der Waals surface area contributed by atoms with Crippen LogP contribution in [0.1, 0.15) is 59.3 Å². The van der Waals surface area contributed by atoms with Crippen LogP contribution >= 0.6 is 15.9 Å². The summed E-state index contributed by atoms with van der Waals surface area (Å²) >= 11 is 4.11. The van der Waals surface area contributed by atoms with Gasteiger partial charge in [-0.1, -0.05) is 71.6 Å². The van der Waals surface area contributed by atoms with E-state index < -0.39 is 0 Å². The predicted molar refractivity (Wildman–Crippen MR) is 98.1 cm³/mol. The van der Waals surface area contributed by atoms with Crippen molar-refractivity contribution in [2.45, 2.75) is 64.1 Å². The summed E-state index contributed by atoms with van der Waals surface area (Å²) in [7, 11) is 0. The minimum absolute atomic E-state index is 0.221. The Morgan fingerprint density at radius 2 is 2.05 bits per heavy atom. The van der Waals surface area contributed by atoms with E-state index >= 15 is 0 Å². The third kappa shape index (κ3) is 1.87. The van der Waals surface area contributed by atoms with Gasteiger partial charge in [-0.05, 0) is 62.2 Å². The second-order valence-electron chi connectivity index (χ2n) is 8.47. The van der Waals surface area contributed by atoms with Gasteiger partial charge in [0.15, 0.2) is 0 Å². The summed E-state index contributed by atoms with van der Waals surface area (Å²) in [5.41, 5.74) is 4.17. The van der Waals surface area contributed by atoms with Crippen LogP contribution in [0.3, 0.4) is 0 Å². The van der Waals surface area contributed by atoms with Crippen LogP contribution in [0, 0.1) is 28.6 Å². The first-order valence-electron chi connectivity index (χ1n) is 9.22. The molecule has 22 heavy (non-hydrogen) atoms. The van der Waals surface area contributed by atoms with Gasteiger partial charge in [-0.25, -0.2) is 0 Å². The molecule has 0 heterocycles. The summed E-state index contributed by atoms with van der Waals surface area (Å²) in [6.07, 6.45) is 18.0.